The maximum absolute atomic E-state index is 12.3. The van der Waals surface area contributed by atoms with Gasteiger partial charge in [0, 0.05) is 24.0 Å². The molecule has 0 spiro atoms. The maximum atomic E-state index is 12.3. The monoisotopic (exact) mass is 339 g/mol. The summed E-state index contributed by atoms with van der Waals surface area (Å²) in [6.07, 6.45) is 2.33. The Balaban J connectivity index is 1.91. The maximum Gasteiger partial charge on any atom is 0.303 e. The lowest BCUT2D eigenvalue weighted by molar-refractivity contribution is -0.140. The highest BCUT2D eigenvalue weighted by atomic mass is 79.9. The van der Waals surface area contributed by atoms with Crippen LogP contribution in [0.5, 0.6) is 0 Å². The second-order valence-electron chi connectivity index (χ2n) is 5.25. The van der Waals surface area contributed by atoms with E-state index in [2.05, 4.69) is 15.9 Å². The zero-order chi connectivity index (χ0) is 14.5. The van der Waals surface area contributed by atoms with Crippen LogP contribution < -0.4 is 0 Å². The van der Waals surface area contributed by atoms with E-state index in [1.165, 1.54) is 0 Å². The fraction of sp³-hybridized carbons (Fsp3) is 0.467. The highest BCUT2D eigenvalue weighted by Crippen LogP contribution is 2.20. The summed E-state index contributed by atoms with van der Waals surface area (Å²) < 4.78 is 0.994. The van der Waals surface area contributed by atoms with Crippen molar-refractivity contribution in [3.63, 3.8) is 0 Å². The normalized spacial score (nSPS) is 18.9. The molecule has 1 atom stereocenters. The number of aliphatic carboxylic acids is 1. The third kappa shape index (κ3) is 4.34. The van der Waals surface area contributed by atoms with Crippen molar-refractivity contribution in [2.45, 2.75) is 25.7 Å². The summed E-state index contributed by atoms with van der Waals surface area (Å²) in [4.78, 5) is 24.8. The molecule has 2 rings (SSSR count). The number of carboxylic acid groups (broad SMARTS) is 1. The topological polar surface area (TPSA) is 57.6 Å². The molecular formula is C15H18BrNO3. The number of likely N-dealkylation sites (tertiary alicyclic amines) is 1. The van der Waals surface area contributed by atoms with Crippen molar-refractivity contribution in [1.82, 2.24) is 4.90 Å². The lowest BCUT2D eigenvalue weighted by atomic mass is 9.94. The second-order valence-corrected chi connectivity index (χ2v) is 6.16. The highest BCUT2D eigenvalue weighted by molar-refractivity contribution is 9.10. The molecule has 1 amide bonds. The van der Waals surface area contributed by atoms with E-state index in [9.17, 15) is 9.59 Å². The Bertz CT molecular complexity index is 486. The Hall–Kier alpha value is -1.36. The molecule has 1 aliphatic heterocycles. The highest BCUT2D eigenvalue weighted by Gasteiger charge is 2.25. The number of rotatable bonds is 4. The van der Waals surface area contributed by atoms with E-state index in [4.69, 9.17) is 5.11 Å². The fourth-order valence-corrected chi connectivity index (χ4v) is 2.86. The Morgan fingerprint density at radius 2 is 2.00 bits per heavy atom. The summed E-state index contributed by atoms with van der Waals surface area (Å²) in [7, 11) is 0. The SMILES string of the molecule is O=C(O)CC1CCCN(C(=O)Cc2ccc(Br)cc2)C1. The van der Waals surface area contributed by atoms with Crippen LogP contribution in [-0.2, 0) is 16.0 Å². The van der Waals surface area contributed by atoms with Crippen LogP contribution in [0, 0.1) is 5.92 Å². The van der Waals surface area contributed by atoms with Crippen LogP contribution in [0.4, 0.5) is 0 Å². The molecule has 0 bridgehead atoms. The molecule has 0 aromatic heterocycles. The Morgan fingerprint density at radius 1 is 1.30 bits per heavy atom. The molecule has 108 valence electrons. The van der Waals surface area contributed by atoms with E-state index in [0.717, 1.165) is 29.4 Å². The minimum absolute atomic E-state index is 0.0856. The van der Waals surface area contributed by atoms with E-state index in [1.807, 2.05) is 24.3 Å². The minimum atomic E-state index is -0.780. The van der Waals surface area contributed by atoms with Gasteiger partial charge in [-0.1, -0.05) is 28.1 Å². The number of benzene rings is 1. The van der Waals surface area contributed by atoms with Gasteiger partial charge in [0.2, 0.25) is 5.91 Å². The molecular weight excluding hydrogens is 322 g/mol. The first-order valence-corrected chi connectivity index (χ1v) is 7.58. The number of piperidine rings is 1. The average Bonchev–Trinajstić information content (AvgIpc) is 2.41. The first-order valence-electron chi connectivity index (χ1n) is 6.78. The number of carbonyl (C=O) groups excluding carboxylic acids is 1. The van der Waals surface area contributed by atoms with Crippen LogP contribution in [0.25, 0.3) is 0 Å². The van der Waals surface area contributed by atoms with Gasteiger partial charge < -0.3 is 10.0 Å². The van der Waals surface area contributed by atoms with Gasteiger partial charge in [-0.2, -0.15) is 0 Å². The average molecular weight is 340 g/mol. The van der Waals surface area contributed by atoms with Gasteiger partial charge in [0.05, 0.1) is 6.42 Å². The third-order valence-corrected chi connectivity index (χ3v) is 4.13. The first-order chi connectivity index (χ1) is 9.54. The van der Waals surface area contributed by atoms with Gasteiger partial charge in [-0.3, -0.25) is 9.59 Å². The van der Waals surface area contributed by atoms with Crippen LogP contribution in [0.2, 0.25) is 0 Å². The van der Waals surface area contributed by atoms with E-state index in [-0.39, 0.29) is 18.2 Å². The predicted octanol–water partition coefficient (Wildman–Crippen LogP) is 2.70. The van der Waals surface area contributed by atoms with Crippen LogP contribution in [0.3, 0.4) is 0 Å². The summed E-state index contributed by atoms with van der Waals surface area (Å²) in [5.41, 5.74) is 0.985. The number of carbonyl (C=O) groups is 2. The molecule has 1 N–H and O–H groups in total. The minimum Gasteiger partial charge on any atom is -0.481 e. The van der Waals surface area contributed by atoms with Gasteiger partial charge >= 0.3 is 5.97 Å². The Morgan fingerprint density at radius 3 is 2.65 bits per heavy atom. The van der Waals surface area contributed by atoms with Crippen LogP contribution in [0.1, 0.15) is 24.8 Å². The summed E-state index contributed by atoms with van der Waals surface area (Å²) in [6, 6.07) is 7.71. The van der Waals surface area contributed by atoms with Gasteiger partial charge in [0.25, 0.3) is 0 Å². The molecule has 4 nitrogen and oxygen atoms in total. The quantitative estimate of drug-likeness (QED) is 0.917. The van der Waals surface area contributed by atoms with Gasteiger partial charge in [-0.25, -0.2) is 0 Å². The van der Waals surface area contributed by atoms with E-state index >= 15 is 0 Å². The van der Waals surface area contributed by atoms with Gasteiger partial charge in [0.1, 0.15) is 0 Å². The van der Waals surface area contributed by atoms with Crippen molar-refractivity contribution in [1.29, 1.82) is 0 Å². The van der Waals surface area contributed by atoms with Crippen LogP contribution in [-0.4, -0.2) is 35.0 Å². The lowest BCUT2D eigenvalue weighted by Crippen LogP contribution is -2.41. The van der Waals surface area contributed by atoms with Gasteiger partial charge in [-0.15, -0.1) is 0 Å². The second kappa shape index (κ2) is 6.88. The smallest absolute Gasteiger partial charge is 0.303 e. The predicted molar refractivity (Wildman–Crippen MR) is 79.4 cm³/mol. The summed E-state index contributed by atoms with van der Waals surface area (Å²) in [5.74, 6) is -0.602. The van der Waals surface area contributed by atoms with Crippen molar-refractivity contribution in [2.24, 2.45) is 5.92 Å². The van der Waals surface area contributed by atoms with Crippen molar-refractivity contribution < 1.29 is 14.7 Å². The molecule has 1 heterocycles. The molecule has 1 aromatic rings. The molecule has 1 aromatic carbocycles. The van der Waals surface area contributed by atoms with Gasteiger partial charge in [-0.05, 0) is 36.5 Å². The molecule has 20 heavy (non-hydrogen) atoms. The number of nitrogens with zero attached hydrogens (tertiary/aromatic N) is 1. The largest absolute Gasteiger partial charge is 0.481 e. The molecule has 1 unspecified atom stereocenters. The molecule has 0 saturated carbocycles. The molecule has 1 fully saturated rings. The summed E-state index contributed by atoms with van der Waals surface area (Å²) in [5, 5.41) is 8.84. The first kappa shape index (κ1) is 15.0. The summed E-state index contributed by atoms with van der Waals surface area (Å²) in [6.45, 7) is 1.31. The Kier molecular flexibility index (Phi) is 5.17. The molecule has 1 aliphatic rings. The summed E-state index contributed by atoms with van der Waals surface area (Å²) >= 11 is 3.37. The fourth-order valence-electron chi connectivity index (χ4n) is 2.59. The van der Waals surface area contributed by atoms with Crippen LogP contribution >= 0.6 is 15.9 Å². The molecule has 0 aliphatic carbocycles. The van der Waals surface area contributed by atoms with Crippen molar-refractivity contribution in [3.05, 3.63) is 34.3 Å². The lowest BCUT2D eigenvalue weighted by Gasteiger charge is -2.32. The third-order valence-electron chi connectivity index (χ3n) is 3.60. The standard InChI is InChI=1S/C15H18BrNO3/c16-13-5-3-11(4-6-13)8-14(18)17-7-1-2-12(10-17)9-15(19)20/h3-6,12H,1-2,7-10H2,(H,19,20). The van der Waals surface area contributed by atoms with Crippen molar-refractivity contribution in [3.8, 4) is 0 Å². The zero-order valence-corrected chi connectivity index (χ0v) is 12.8. The molecule has 5 heteroatoms. The number of amides is 1. The van der Waals surface area contributed by atoms with E-state index in [0.29, 0.717) is 13.0 Å². The van der Waals surface area contributed by atoms with Crippen LogP contribution in [0.15, 0.2) is 28.7 Å². The number of hydrogen-bond donors (Lipinski definition) is 1. The van der Waals surface area contributed by atoms with E-state index in [1.54, 1.807) is 4.90 Å². The molecule has 0 radical (unpaired) electrons. The zero-order valence-electron chi connectivity index (χ0n) is 11.2. The molecule has 1 saturated heterocycles. The van der Waals surface area contributed by atoms with Crippen molar-refractivity contribution >= 4 is 27.8 Å². The van der Waals surface area contributed by atoms with Gasteiger partial charge in [0.15, 0.2) is 0 Å². The number of halogens is 1. The number of carboxylic acids is 1. The van der Waals surface area contributed by atoms with Crippen molar-refractivity contribution in [2.75, 3.05) is 13.1 Å². The van der Waals surface area contributed by atoms with E-state index < -0.39 is 5.97 Å². The Labute approximate surface area is 126 Å². The number of hydrogen-bond acceptors (Lipinski definition) is 2.